The van der Waals surface area contributed by atoms with Gasteiger partial charge in [0.15, 0.2) is 5.82 Å². The van der Waals surface area contributed by atoms with E-state index in [1.165, 1.54) is 11.5 Å². The van der Waals surface area contributed by atoms with E-state index >= 15 is 0 Å². The zero-order valence-corrected chi connectivity index (χ0v) is 11.3. The molecule has 1 aromatic heterocycles. The van der Waals surface area contributed by atoms with E-state index in [9.17, 15) is 5.11 Å². The average Bonchev–Trinajstić information content (AvgIpc) is 2.76. The molecule has 17 heavy (non-hydrogen) atoms. The monoisotopic (exact) mass is 257 g/mol. The number of rotatable bonds is 3. The first kappa shape index (κ1) is 12.7. The number of β-amino-alcohol motifs (C(OH)–C–C–N with tert-alkyl or cyclic N) is 1. The summed E-state index contributed by atoms with van der Waals surface area (Å²) in [4.78, 5) is 6.57. The van der Waals surface area contributed by atoms with Crippen molar-refractivity contribution < 1.29 is 9.84 Å². The lowest BCUT2D eigenvalue weighted by atomic mass is 9.96. The molecule has 0 bridgehead atoms. The van der Waals surface area contributed by atoms with Crippen molar-refractivity contribution in [1.82, 2.24) is 9.36 Å². The minimum atomic E-state index is -0.614. The zero-order valence-electron chi connectivity index (χ0n) is 10.5. The van der Waals surface area contributed by atoms with Crippen molar-refractivity contribution >= 4 is 16.7 Å². The predicted octanol–water partition coefficient (Wildman–Crippen LogP) is 1.60. The Bertz CT molecular complexity index is 381. The summed E-state index contributed by atoms with van der Waals surface area (Å²) >= 11 is 1.37. The largest absolute Gasteiger partial charge is 0.388 e. The van der Waals surface area contributed by atoms with E-state index in [1.54, 1.807) is 7.11 Å². The van der Waals surface area contributed by atoms with Gasteiger partial charge in [-0.2, -0.15) is 4.37 Å². The van der Waals surface area contributed by atoms with Crippen molar-refractivity contribution in [2.75, 3.05) is 25.1 Å². The van der Waals surface area contributed by atoms with Crippen LogP contribution in [0, 0.1) is 0 Å². The van der Waals surface area contributed by atoms with Gasteiger partial charge in [-0.05, 0) is 26.7 Å². The van der Waals surface area contributed by atoms with Gasteiger partial charge in [-0.3, -0.25) is 0 Å². The van der Waals surface area contributed by atoms with Gasteiger partial charge in [0.1, 0.15) is 6.10 Å². The van der Waals surface area contributed by atoms with Crippen LogP contribution in [-0.2, 0) is 4.74 Å². The molecule has 2 atom stereocenters. The normalized spacial score (nSPS) is 27.2. The van der Waals surface area contributed by atoms with Gasteiger partial charge in [0.25, 0.3) is 0 Å². The summed E-state index contributed by atoms with van der Waals surface area (Å²) in [6, 6.07) is 0. The summed E-state index contributed by atoms with van der Waals surface area (Å²) in [6.45, 7) is 5.37. The fourth-order valence-corrected chi connectivity index (χ4v) is 2.78. The molecule has 0 saturated carbocycles. The molecule has 1 aliphatic heterocycles. The first-order valence-electron chi connectivity index (χ1n) is 5.85. The second-order valence-electron chi connectivity index (χ2n) is 4.84. The van der Waals surface area contributed by atoms with E-state index in [1.807, 2.05) is 13.8 Å². The Hall–Kier alpha value is -0.720. The topological polar surface area (TPSA) is 58.5 Å². The van der Waals surface area contributed by atoms with Crippen LogP contribution in [0.1, 0.15) is 38.6 Å². The lowest BCUT2D eigenvalue weighted by Gasteiger charge is -2.36. The van der Waals surface area contributed by atoms with Gasteiger partial charge in [0, 0.05) is 31.7 Å². The maximum absolute atomic E-state index is 10.1. The molecule has 2 rings (SSSR count). The third-order valence-electron chi connectivity index (χ3n) is 3.09. The molecule has 0 aromatic carbocycles. The fourth-order valence-electron chi connectivity index (χ4n) is 2.01. The number of nitrogens with zero attached hydrogens (tertiary/aromatic N) is 3. The highest BCUT2D eigenvalue weighted by molar-refractivity contribution is 7.09. The van der Waals surface area contributed by atoms with Crippen LogP contribution < -0.4 is 4.90 Å². The molecule has 1 N–H and O–H groups in total. The summed E-state index contributed by atoms with van der Waals surface area (Å²) in [5.74, 6) is 0.720. The van der Waals surface area contributed by atoms with Crippen molar-refractivity contribution in [1.29, 1.82) is 0 Å². The molecule has 5 nitrogen and oxygen atoms in total. The number of ether oxygens (including phenoxy) is 1. The number of methoxy groups -OCH3 is 1. The van der Waals surface area contributed by atoms with Crippen LogP contribution in [-0.4, -0.2) is 40.3 Å². The van der Waals surface area contributed by atoms with Gasteiger partial charge in [0.2, 0.25) is 5.13 Å². The second kappa shape index (κ2) is 4.88. The fraction of sp³-hybridized carbons (Fsp3) is 0.818. The van der Waals surface area contributed by atoms with Crippen molar-refractivity contribution in [2.45, 2.75) is 38.4 Å². The van der Waals surface area contributed by atoms with Crippen molar-refractivity contribution in [3.63, 3.8) is 0 Å². The van der Waals surface area contributed by atoms with Gasteiger partial charge in [-0.1, -0.05) is 0 Å². The van der Waals surface area contributed by atoms with E-state index in [4.69, 9.17) is 4.74 Å². The van der Waals surface area contributed by atoms with Gasteiger partial charge < -0.3 is 14.7 Å². The maximum atomic E-state index is 10.1. The minimum absolute atomic E-state index is 0.0784. The molecule has 96 valence electrons. The Kier molecular flexibility index (Phi) is 3.65. The second-order valence-corrected chi connectivity index (χ2v) is 5.57. The molecule has 0 radical (unpaired) electrons. The smallest absolute Gasteiger partial charge is 0.205 e. The van der Waals surface area contributed by atoms with Crippen molar-refractivity contribution in [3.8, 4) is 0 Å². The standard InChI is InChI=1S/C11H19N3O2S/c1-8(16-3)9-12-10(17-13-9)14-6-4-5-11(2,15)7-14/h8,15H,4-7H2,1-3H3. The van der Waals surface area contributed by atoms with Gasteiger partial charge in [0.05, 0.1) is 5.60 Å². The lowest BCUT2D eigenvalue weighted by molar-refractivity contribution is 0.0449. The molecular formula is C11H19N3O2S. The number of hydrogen-bond donors (Lipinski definition) is 1. The molecule has 6 heteroatoms. The molecule has 0 aliphatic carbocycles. The highest BCUT2D eigenvalue weighted by Gasteiger charge is 2.30. The average molecular weight is 257 g/mol. The molecule has 0 amide bonds. The lowest BCUT2D eigenvalue weighted by Crippen LogP contribution is -2.46. The van der Waals surface area contributed by atoms with Crippen LogP contribution in [0.3, 0.4) is 0 Å². The zero-order chi connectivity index (χ0) is 12.5. The highest BCUT2D eigenvalue weighted by Crippen LogP contribution is 2.28. The Balaban J connectivity index is 2.09. The Morgan fingerprint density at radius 1 is 1.59 bits per heavy atom. The Labute approximate surface area is 106 Å². The molecule has 0 spiro atoms. The third kappa shape index (κ3) is 2.94. The van der Waals surface area contributed by atoms with Crippen LogP contribution in [0.15, 0.2) is 0 Å². The number of anilines is 1. The predicted molar refractivity (Wildman–Crippen MR) is 67.4 cm³/mol. The number of hydrogen-bond acceptors (Lipinski definition) is 6. The van der Waals surface area contributed by atoms with E-state index in [0.29, 0.717) is 6.54 Å². The molecule has 1 aliphatic rings. The Morgan fingerprint density at radius 2 is 2.35 bits per heavy atom. The minimum Gasteiger partial charge on any atom is -0.388 e. The van der Waals surface area contributed by atoms with Crippen LogP contribution in [0.5, 0.6) is 0 Å². The molecule has 1 fully saturated rings. The Morgan fingerprint density at radius 3 is 3.00 bits per heavy atom. The summed E-state index contributed by atoms with van der Waals surface area (Å²) < 4.78 is 9.48. The van der Waals surface area contributed by atoms with E-state index in [-0.39, 0.29) is 6.10 Å². The SMILES string of the molecule is COC(C)c1nsc(N2CCCC(C)(O)C2)n1. The highest BCUT2D eigenvalue weighted by atomic mass is 32.1. The molecule has 1 aromatic rings. The van der Waals surface area contributed by atoms with Crippen molar-refractivity contribution in [3.05, 3.63) is 5.82 Å². The van der Waals surface area contributed by atoms with Crippen LogP contribution in [0.25, 0.3) is 0 Å². The number of aromatic nitrogens is 2. The van der Waals surface area contributed by atoms with E-state index in [0.717, 1.165) is 30.3 Å². The van der Waals surface area contributed by atoms with Crippen molar-refractivity contribution in [2.24, 2.45) is 0 Å². The molecule has 2 unspecified atom stereocenters. The number of piperidine rings is 1. The van der Waals surface area contributed by atoms with Crippen LogP contribution >= 0.6 is 11.5 Å². The first-order valence-corrected chi connectivity index (χ1v) is 6.63. The van der Waals surface area contributed by atoms with Gasteiger partial charge in [-0.25, -0.2) is 4.98 Å². The van der Waals surface area contributed by atoms with Gasteiger partial charge in [-0.15, -0.1) is 0 Å². The first-order chi connectivity index (χ1) is 8.02. The summed E-state index contributed by atoms with van der Waals surface area (Å²) in [5.41, 5.74) is -0.614. The molecule has 2 heterocycles. The summed E-state index contributed by atoms with van der Waals surface area (Å²) in [5, 5.41) is 10.9. The quantitative estimate of drug-likeness (QED) is 0.891. The van der Waals surface area contributed by atoms with Crippen LogP contribution in [0.4, 0.5) is 5.13 Å². The molecular weight excluding hydrogens is 238 g/mol. The van der Waals surface area contributed by atoms with Gasteiger partial charge >= 0.3 is 0 Å². The summed E-state index contributed by atoms with van der Waals surface area (Å²) in [7, 11) is 1.65. The third-order valence-corrected chi connectivity index (χ3v) is 3.88. The maximum Gasteiger partial charge on any atom is 0.205 e. The summed E-state index contributed by atoms with van der Waals surface area (Å²) in [6.07, 6.45) is 1.76. The number of aliphatic hydroxyl groups is 1. The van der Waals surface area contributed by atoms with E-state index < -0.39 is 5.60 Å². The van der Waals surface area contributed by atoms with Crippen LogP contribution in [0.2, 0.25) is 0 Å². The molecule has 1 saturated heterocycles. The van der Waals surface area contributed by atoms with E-state index in [2.05, 4.69) is 14.3 Å².